The zero-order valence-corrected chi connectivity index (χ0v) is 16.6. The summed E-state index contributed by atoms with van der Waals surface area (Å²) in [6.07, 6.45) is 11.4. The molecule has 4 aliphatic rings. The van der Waals surface area contributed by atoms with Crippen molar-refractivity contribution in [1.82, 2.24) is 4.98 Å². The molecule has 0 spiro atoms. The van der Waals surface area contributed by atoms with Gasteiger partial charge in [0.05, 0.1) is 12.3 Å². The van der Waals surface area contributed by atoms with E-state index in [9.17, 15) is 10.2 Å². The average Bonchev–Trinajstić information content (AvgIpc) is 3.21. The van der Waals surface area contributed by atoms with Gasteiger partial charge in [-0.2, -0.15) is 0 Å². The maximum Gasteiger partial charge on any atom is 0.181 e. The van der Waals surface area contributed by atoms with Gasteiger partial charge >= 0.3 is 0 Å². The minimum Gasteiger partial charge on any atom is -0.512 e. The molecule has 5 rings (SSSR count). The third kappa shape index (κ3) is 2.28. The van der Waals surface area contributed by atoms with Gasteiger partial charge in [-0.05, 0) is 61.2 Å². The highest BCUT2D eigenvalue weighted by atomic mass is 16.3. The zero-order chi connectivity index (χ0) is 19.0. The maximum absolute atomic E-state index is 10.9. The summed E-state index contributed by atoms with van der Waals surface area (Å²) in [5.41, 5.74) is 2.65. The molecule has 0 bridgehead atoms. The van der Waals surface area contributed by atoms with Crippen LogP contribution in [-0.2, 0) is 0 Å². The molecule has 0 aliphatic heterocycles. The number of aliphatic hydroxyl groups is 2. The van der Waals surface area contributed by atoms with E-state index in [0.29, 0.717) is 29.4 Å². The lowest BCUT2D eigenvalue weighted by molar-refractivity contribution is -0.0440. The monoisotopic (exact) mass is 369 g/mol. The minimum atomic E-state index is -0.169. The molecule has 0 amide bonds. The number of fused-ring (bicyclic) bond motifs is 5. The smallest absolute Gasteiger partial charge is 0.181 e. The van der Waals surface area contributed by atoms with Gasteiger partial charge in [0, 0.05) is 17.4 Å². The predicted molar refractivity (Wildman–Crippen MR) is 104 cm³/mol. The zero-order valence-electron chi connectivity index (χ0n) is 16.6. The summed E-state index contributed by atoms with van der Waals surface area (Å²) in [4.78, 5) is 4.09. The predicted octanol–water partition coefficient (Wildman–Crippen LogP) is 5.12. The van der Waals surface area contributed by atoms with Crippen molar-refractivity contribution in [1.29, 1.82) is 0 Å². The Balaban J connectivity index is 1.55. The molecule has 27 heavy (non-hydrogen) atoms. The maximum atomic E-state index is 10.9. The summed E-state index contributed by atoms with van der Waals surface area (Å²) in [7, 11) is 0. The van der Waals surface area contributed by atoms with E-state index in [0.717, 1.165) is 43.4 Å². The van der Waals surface area contributed by atoms with E-state index in [1.807, 2.05) is 0 Å². The van der Waals surface area contributed by atoms with Gasteiger partial charge < -0.3 is 14.6 Å². The normalized spacial score (nSPS) is 46.5. The highest BCUT2D eigenvalue weighted by Gasteiger charge is 2.60. The topological polar surface area (TPSA) is 66.5 Å². The summed E-state index contributed by atoms with van der Waals surface area (Å²) in [6, 6.07) is 0. The van der Waals surface area contributed by atoms with Crippen molar-refractivity contribution in [2.75, 3.05) is 0 Å². The fraction of sp³-hybridized carbons (Fsp3) is 0.696. The first kappa shape index (κ1) is 17.5. The lowest BCUT2D eigenvalue weighted by atomic mass is 9.45. The lowest BCUT2D eigenvalue weighted by Crippen LogP contribution is -2.52. The second-order valence-corrected chi connectivity index (χ2v) is 10.0. The van der Waals surface area contributed by atoms with Crippen LogP contribution < -0.4 is 0 Å². The summed E-state index contributed by atoms with van der Waals surface area (Å²) >= 11 is 0. The number of hydrogen-bond acceptors (Lipinski definition) is 4. The van der Waals surface area contributed by atoms with Crippen molar-refractivity contribution in [3.8, 4) is 0 Å². The van der Waals surface area contributed by atoms with Crippen molar-refractivity contribution in [2.45, 2.75) is 65.4 Å². The third-order valence-corrected chi connectivity index (χ3v) is 8.75. The van der Waals surface area contributed by atoms with Gasteiger partial charge in [0.25, 0.3) is 0 Å². The Kier molecular flexibility index (Phi) is 3.72. The van der Waals surface area contributed by atoms with Gasteiger partial charge in [-0.15, -0.1) is 0 Å². The van der Waals surface area contributed by atoms with E-state index in [2.05, 4.69) is 31.8 Å². The standard InChI is InChI=1S/C23H31NO3/c1-13-8-14-9-15(25)4-6-22(14,2)16-5-7-23(3)17(20(13)16)10-18(26)21(23)19-11-24-12-27-19/h8,11-13,15-17,20,25-26H,4-7,9-10H2,1-3H3/t13-,15-,16-,17-,20+,22-,23-/m0/s1. The Hall–Kier alpha value is -1.55. The van der Waals surface area contributed by atoms with E-state index in [-0.39, 0.29) is 16.9 Å². The van der Waals surface area contributed by atoms with Crippen LogP contribution in [0.3, 0.4) is 0 Å². The van der Waals surface area contributed by atoms with Crippen molar-refractivity contribution in [3.63, 3.8) is 0 Å². The molecular formula is C23H31NO3. The quantitative estimate of drug-likeness (QED) is 0.674. The SMILES string of the molecule is C[C@H]1C=C2C[C@@H](O)CC[C@]2(C)[C@H]2CC[C@]3(C)C(c4cnco4)=C(O)C[C@H]3[C@H]12. The van der Waals surface area contributed by atoms with Crippen LogP contribution in [0, 0.1) is 34.5 Å². The molecule has 2 N–H and O–H groups in total. The Labute approximate surface area is 161 Å². The second-order valence-electron chi connectivity index (χ2n) is 10.0. The van der Waals surface area contributed by atoms with Crippen molar-refractivity contribution in [3.05, 3.63) is 35.8 Å². The molecule has 1 aromatic rings. The summed E-state index contributed by atoms with van der Waals surface area (Å²) in [5.74, 6) is 3.37. The number of aliphatic hydroxyl groups excluding tert-OH is 2. The first-order valence-electron chi connectivity index (χ1n) is 10.6. The minimum absolute atomic E-state index is 0.0467. The summed E-state index contributed by atoms with van der Waals surface area (Å²) in [5, 5.41) is 21.1. The molecule has 0 radical (unpaired) electrons. The largest absolute Gasteiger partial charge is 0.512 e. The van der Waals surface area contributed by atoms with Crippen LogP contribution in [0.15, 0.2) is 34.4 Å². The number of hydrogen-bond donors (Lipinski definition) is 2. The molecule has 1 heterocycles. The fourth-order valence-corrected chi connectivity index (χ4v) is 7.42. The molecule has 7 atom stereocenters. The van der Waals surface area contributed by atoms with Crippen LogP contribution in [0.4, 0.5) is 0 Å². The van der Waals surface area contributed by atoms with Crippen LogP contribution >= 0.6 is 0 Å². The van der Waals surface area contributed by atoms with Crippen LogP contribution in [0.5, 0.6) is 0 Å². The van der Waals surface area contributed by atoms with Crippen LogP contribution in [0.2, 0.25) is 0 Å². The van der Waals surface area contributed by atoms with Gasteiger partial charge in [0.2, 0.25) is 0 Å². The molecule has 0 unspecified atom stereocenters. The molecule has 0 aromatic carbocycles. The Bertz CT molecular complexity index is 810. The molecule has 2 saturated carbocycles. The summed E-state index contributed by atoms with van der Waals surface area (Å²) in [6.45, 7) is 7.12. The number of allylic oxidation sites excluding steroid dienone is 3. The second kappa shape index (κ2) is 5.73. The van der Waals surface area contributed by atoms with Gasteiger partial charge in [-0.3, -0.25) is 0 Å². The molecular weight excluding hydrogens is 338 g/mol. The molecule has 4 heteroatoms. The first-order chi connectivity index (χ1) is 12.8. The highest BCUT2D eigenvalue weighted by molar-refractivity contribution is 5.71. The molecule has 4 nitrogen and oxygen atoms in total. The van der Waals surface area contributed by atoms with E-state index in [1.165, 1.54) is 18.4 Å². The van der Waals surface area contributed by atoms with Crippen molar-refractivity contribution < 1.29 is 14.6 Å². The van der Waals surface area contributed by atoms with Gasteiger partial charge in [0.1, 0.15) is 5.76 Å². The van der Waals surface area contributed by atoms with Crippen molar-refractivity contribution in [2.24, 2.45) is 34.5 Å². The Morgan fingerprint density at radius 3 is 2.63 bits per heavy atom. The average molecular weight is 370 g/mol. The highest BCUT2D eigenvalue weighted by Crippen LogP contribution is 2.68. The van der Waals surface area contributed by atoms with Gasteiger partial charge in [-0.1, -0.05) is 32.4 Å². The number of rotatable bonds is 1. The molecule has 2 fully saturated rings. The Morgan fingerprint density at radius 1 is 1.11 bits per heavy atom. The molecule has 1 aromatic heterocycles. The molecule has 4 aliphatic carbocycles. The number of nitrogens with zero attached hydrogens (tertiary/aromatic N) is 1. The third-order valence-electron chi connectivity index (χ3n) is 8.75. The molecule has 146 valence electrons. The van der Waals surface area contributed by atoms with Gasteiger partial charge in [-0.25, -0.2) is 4.98 Å². The molecule has 0 saturated heterocycles. The lowest BCUT2D eigenvalue weighted by Gasteiger charge is -2.59. The van der Waals surface area contributed by atoms with Crippen molar-refractivity contribution >= 4 is 5.57 Å². The van der Waals surface area contributed by atoms with E-state index < -0.39 is 0 Å². The van der Waals surface area contributed by atoms with E-state index in [1.54, 1.807) is 6.20 Å². The fourth-order valence-electron chi connectivity index (χ4n) is 7.42. The summed E-state index contributed by atoms with van der Waals surface area (Å²) < 4.78 is 5.61. The van der Waals surface area contributed by atoms with Crippen LogP contribution in [0.1, 0.15) is 65.1 Å². The number of aromatic nitrogens is 1. The van der Waals surface area contributed by atoms with Crippen LogP contribution in [0.25, 0.3) is 5.57 Å². The van der Waals surface area contributed by atoms with Gasteiger partial charge in [0.15, 0.2) is 12.2 Å². The number of oxazole rings is 1. The first-order valence-corrected chi connectivity index (χ1v) is 10.6. The van der Waals surface area contributed by atoms with E-state index >= 15 is 0 Å². The van der Waals surface area contributed by atoms with E-state index in [4.69, 9.17) is 4.42 Å². The van der Waals surface area contributed by atoms with Crippen LogP contribution in [-0.4, -0.2) is 21.3 Å². The Morgan fingerprint density at radius 2 is 1.89 bits per heavy atom.